The topological polar surface area (TPSA) is 56.8 Å². The lowest BCUT2D eigenvalue weighted by atomic mass is 10.3. The van der Waals surface area contributed by atoms with Crippen molar-refractivity contribution in [3.63, 3.8) is 0 Å². The van der Waals surface area contributed by atoms with Gasteiger partial charge in [-0.1, -0.05) is 5.57 Å². The van der Waals surface area contributed by atoms with Gasteiger partial charge in [0, 0.05) is 0 Å². The third kappa shape index (κ3) is 7.87. The average Bonchev–Trinajstić information content (AvgIpc) is 2.45. The third-order valence-electron chi connectivity index (χ3n) is 2.48. The van der Waals surface area contributed by atoms with Crippen LogP contribution in [0.4, 0.5) is 4.79 Å². The number of hydrogen-bond donors (Lipinski definition) is 1. The minimum absolute atomic E-state index is 0.362. The van der Waals surface area contributed by atoms with Gasteiger partial charge in [-0.05, 0) is 51.1 Å². The van der Waals surface area contributed by atoms with E-state index < -0.39 is 6.09 Å². The molecule has 1 amide bonds. The van der Waals surface area contributed by atoms with E-state index in [1.54, 1.807) is 6.92 Å². The highest BCUT2D eigenvalue weighted by Crippen LogP contribution is 2.17. The van der Waals surface area contributed by atoms with Crippen LogP contribution >= 0.6 is 0 Å². The number of carbonyl (C=O) groups is 1. The Morgan fingerprint density at radius 2 is 1.76 bits per heavy atom. The molecule has 1 aromatic carbocycles. The molecular weight excluding hydrogens is 270 g/mol. The van der Waals surface area contributed by atoms with E-state index in [1.807, 2.05) is 44.2 Å². The van der Waals surface area contributed by atoms with Crippen molar-refractivity contribution < 1.29 is 19.0 Å². The monoisotopic (exact) mass is 293 g/mol. The van der Waals surface area contributed by atoms with E-state index in [1.165, 1.54) is 5.57 Å². The Hall–Kier alpha value is -2.17. The standard InChI is InChI=1S/C16H23NO4/c1-4-19-16(18)17-10-12-21-15-7-5-14(6-8-15)20-11-9-13(2)3/h5-9H,4,10-12H2,1-3H3,(H,17,18). The highest BCUT2D eigenvalue weighted by molar-refractivity contribution is 5.66. The van der Waals surface area contributed by atoms with E-state index >= 15 is 0 Å². The average molecular weight is 293 g/mol. The largest absolute Gasteiger partial charge is 0.492 e. The molecule has 1 aromatic rings. The number of allylic oxidation sites excluding steroid dienone is 1. The molecule has 0 radical (unpaired) electrons. The fourth-order valence-corrected chi connectivity index (χ4v) is 1.44. The zero-order valence-electron chi connectivity index (χ0n) is 12.8. The maximum absolute atomic E-state index is 11.0. The third-order valence-corrected chi connectivity index (χ3v) is 2.48. The van der Waals surface area contributed by atoms with Gasteiger partial charge in [-0.3, -0.25) is 0 Å². The number of amides is 1. The molecule has 0 aliphatic rings. The smallest absolute Gasteiger partial charge is 0.407 e. The van der Waals surface area contributed by atoms with Crippen LogP contribution in [0, 0.1) is 0 Å². The van der Waals surface area contributed by atoms with Crippen molar-refractivity contribution >= 4 is 6.09 Å². The minimum Gasteiger partial charge on any atom is -0.492 e. The second kappa shape index (κ2) is 9.69. The molecule has 0 aromatic heterocycles. The van der Waals surface area contributed by atoms with Crippen LogP contribution in [0.3, 0.4) is 0 Å². The molecule has 0 fully saturated rings. The molecule has 5 nitrogen and oxygen atoms in total. The maximum Gasteiger partial charge on any atom is 0.407 e. The summed E-state index contributed by atoms with van der Waals surface area (Å²) in [5.41, 5.74) is 1.23. The van der Waals surface area contributed by atoms with E-state index in [2.05, 4.69) is 5.32 Å². The van der Waals surface area contributed by atoms with Crippen LogP contribution in [-0.2, 0) is 4.74 Å². The molecule has 0 saturated carbocycles. The molecule has 0 unspecified atom stereocenters. The molecule has 5 heteroatoms. The van der Waals surface area contributed by atoms with Gasteiger partial charge in [0.15, 0.2) is 0 Å². The van der Waals surface area contributed by atoms with Gasteiger partial charge in [0.25, 0.3) is 0 Å². The van der Waals surface area contributed by atoms with Crippen molar-refractivity contribution in [2.75, 3.05) is 26.4 Å². The number of hydrogen-bond acceptors (Lipinski definition) is 4. The molecule has 1 N–H and O–H groups in total. The van der Waals surface area contributed by atoms with Gasteiger partial charge in [-0.25, -0.2) is 4.79 Å². The molecule has 1 rings (SSSR count). The number of rotatable bonds is 8. The first kappa shape index (κ1) is 16.9. The van der Waals surface area contributed by atoms with Crippen LogP contribution in [0.25, 0.3) is 0 Å². The first-order valence-electron chi connectivity index (χ1n) is 7.01. The molecular formula is C16H23NO4. The van der Waals surface area contributed by atoms with Gasteiger partial charge in [0.1, 0.15) is 24.7 Å². The summed E-state index contributed by atoms with van der Waals surface area (Å²) in [6.07, 6.45) is 1.59. The number of carbonyl (C=O) groups excluding carboxylic acids is 1. The van der Waals surface area contributed by atoms with E-state index in [4.69, 9.17) is 14.2 Å². The van der Waals surface area contributed by atoms with Crippen LogP contribution in [0.2, 0.25) is 0 Å². The molecule has 0 spiro atoms. The molecule has 0 saturated heterocycles. The molecule has 21 heavy (non-hydrogen) atoms. The molecule has 0 bridgehead atoms. The summed E-state index contributed by atoms with van der Waals surface area (Å²) in [7, 11) is 0. The first-order chi connectivity index (χ1) is 10.1. The molecule has 0 aliphatic heterocycles. The lowest BCUT2D eigenvalue weighted by molar-refractivity contribution is 0.150. The minimum atomic E-state index is -0.427. The number of ether oxygens (including phenoxy) is 3. The van der Waals surface area contributed by atoms with Crippen molar-refractivity contribution in [3.05, 3.63) is 35.9 Å². The van der Waals surface area contributed by atoms with E-state index in [-0.39, 0.29) is 0 Å². The van der Waals surface area contributed by atoms with Gasteiger partial charge in [-0.2, -0.15) is 0 Å². The molecule has 116 valence electrons. The van der Waals surface area contributed by atoms with Crippen LogP contribution in [0.1, 0.15) is 20.8 Å². The summed E-state index contributed by atoms with van der Waals surface area (Å²) >= 11 is 0. The summed E-state index contributed by atoms with van der Waals surface area (Å²) < 4.78 is 15.8. The first-order valence-corrected chi connectivity index (χ1v) is 7.01. The van der Waals surface area contributed by atoms with Crippen LogP contribution in [-0.4, -0.2) is 32.5 Å². The van der Waals surface area contributed by atoms with Crippen molar-refractivity contribution in [1.82, 2.24) is 5.32 Å². The van der Waals surface area contributed by atoms with Crippen LogP contribution in [0.15, 0.2) is 35.9 Å². The van der Waals surface area contributed by atoms with Gasteiger partial charge in [0.05, 0.1) is 13.2 Å². The summed E-state index contributed by atoms with van der Waals surface area (Å²) in [5, 5.41) is 2.59. The zero-order valence-corrected chi connectivity index (χ0v) is 12.8. The lowest BCUT2D eigenvalue weighted by Gasteiger charge is -2.09. The Kier molecular flexibility index (Phi) is 7.79. The van der Waals surface area contributed by atoms with E-state index in [0.717, 1.165) is 11.5 Å². The van der Waals surface area contributed by atoms with Crippen LogP contribution < -0.4 is 14.8 Å². The van der Waals surface area contributed by atoms with Crippen molar-refractivity contribution in [2.24, 2.45) is 0 Å². The fourth-order valence-electron chi connectivity index (χ4n) is 1.44. The molecule has 0 aliphatic carbocycles. The summed E-state index contributed by atoms with van der Waals surface area (Å²) in [4.78, 5) is 11.0. The summed E-state index contributed by atoms with van der Waals surface area (Å²) in [5.74, 6) is 1.53. The Morgan fingerprint density at radius 3 is 2.33 bits per heavy atom. The highest BCUT2D eigenvalue weighted by Gasteiger charge is 1.99. The zero-order chi connectivity index (χ0) is 15.5. The Morgan fingerprint density at radius 1 is 1.14 bits per heavy atom. The predicted molar refractivity (Wildman–Crippen MR) is 81.9 cm³/mol. The van der Waals surface area contributed by atoms with Crippen molar-refractivity contribution in [3.8, 4) is 11.5 Å². The van der Waals surface area contributed by atoms with Gasteiger partial charge in [0.2, 0.25) is 0 Å². The fraction of sp³-hybridized carbons (Fsp3) is 0.438. The predicted octanol–water partition coefficient (Wildman–Crippen LogP) is 3.16. The van der Waals surface area contributed by atoms with Crippen LogP contribution in [0.5, 0.6) is 11.5 Å². The summed E-state index contributed by atoms with van der Waals surface area (Å²) in [6, 6.07) is 7.38. The Bertz CT molecular complexity index is 450. The SMILES string of the molecule is CCOC(=O)NCCOc1ccc(OCC=C(C)C)cc1. The quantitative estimate of drug-likeness (QED) is 0.591. The second-order valence-corrected chi connectivity index (χ2v) is 4.56. The van der Waals surface area contributed by atoms with Crippen molar-refractivity contribution in [2.45, 2.75) is 20.8 Å². The van der Waals surface area contributed by atoms with E-state index in [9.17, 15) is 4.79 Å². The molecule has 0 heterocycles. The van der Waals surface area contributed by atoms with Gasteiger partial charge < -0.3 is 19.5 Å². The van der Waals surface area contributed by atoms with E-state index in [0.29, 0.717) is 26.4 Å². The molecule has 0 atom stereocenters. The van der Waals surface area contributed by atoms with Gasteiger partial charge >= 0.3 is 6.09 Å². The van der Waals surface area contributed by atoms with Gasteiger partial charge in [-0.15, -0.1) is 0 Å². The lowest BCUT2D eigenvalue weighted by Crippen LogP contribution is -2.28. The normalized spacial score (nSPS) is 9.67. The number of benzene rings is 1. The second-order valence-electron chi connectivity index (χ2n) is 4.56. The Labute approximate surface area is 125 Å². The number of nitrogens with one attached hydrogen (secondary N) is 1. The Balaban J connectivity index is 2.25. The highest BCUT2D eigenvalue weighted by atomic mass is 16.5. The number of alkyl carbamates (subject to hydrolysis) is 1. The van der Waals surface area contributed by atoms with Crippen molar-refractivity contribution in [1.29, 1.82) is 0 Å². The summed E-state index contributed by atoms with van der Waals surface area (Å²) in [6.45, 7) is 7.54. The maximum atomic E-state index is 11.0.